The second-order valence-corrected chi connectivity index (χ2v) is 7.59. The number of aryl methyl sites for hydroxylation is 1. The summed E-state index contributed by atoms with van der Waals surface area (Å²) in [5.41, 5.74) is 5.47. The molecule has 162 valence electrons. The van der Waals surface area contributed by atoms with Crippen LogP contribution >= 0.6 is 0 Å². The molecule has 0 bridgehead atoms. The molecule has 2 aromatic carbocycles. The molecule has 5 rings (SSSR count). The number of benzene rings is 2. The van der Waals surface area contributed by atoms with E-state index in [-0.39, 0.29) is 5.89 Å². The molecule has 0 radical (unpaired) electrons. The summed E-state index contributed by atoms with van der Waals surface area (Å²) in [6.45, 7) is 2.60. The molecular formula is C26H18F2N4O. The van der Waals surface area contributed by atoms with Crippen LogP contribution in [0.2, 0.25) is 0 Å². The van der Waals surface area contributed by atoms with Crippen LogP contribution in [0, 0.1) is 18.8 Å². The minimum Gasteiger partial charge on any atom is -0.415 e. The van der Waals surface area contributed by atoms with Crippen LogP contribution < -0.4 is 0 Å². The molecule has 33 heavy (non-hydrogen) atoms. The monoisotopic (exact) mass is 440 g/mol. The molecule has 0 spiro atoms. The van der Waals surface area contributed by atoms with Gasteiger partial charge >= 0.3 is 6.43 Å². The standard InChI is InChI=1S/C26H18F2N4O/c1-17-4-2-5-18(14-17)8-9-19-6-3-7-23-22(19)12-13-32(23)16-21-11-10-20(15-29-21)25-30-31-26(33-25)24(27)28/h2-7,10-15,24H,16H2,1H3. The largest absolute Gasteiger partial charge is 0.415 e. The van der Waals surface area contributed by atoms with Gasteiger partial charge in [-0.15, -0.1) is 10.2 Å². The number of nitrogens with zero attached hydrogens (tertiary/aromatic N) is 4. The lowest BCUT2D eigenvalue weighted by Crippen LogP contribution is -2.00. The highest BCUT2D eigenvalue weighted by Crippen LogP contribution is 2.24. The van der Waals surface area contributed by atoms with E-state index < -0.39 is 12.3 Å². The maximum Gasteiger partial charge on any atom is 0.314 e. The highest BCUT2D eigenvalue weighted by Gasteiger charge is 2.17. The molecule has 0 saturated carbocycles. The van der Waals surface area contributed by atoms with Crippen molar-refractivity contribution >= 4 is 10.9 Å². The molecule has 0 aliphatic heterocycles. The van der Waals surface area contributed by atoms with Gasteiger partial charge in [-0.2, -0.15) is 8.78 Å². The van der Waals surface area contributed by atoms with Gasteiger partial charge in [0.25, 0.3) is 5.89 Å². The Morgan fingerprint density at radius 3 is 2.64 bits per heavy atom. The molecule has 0 amide bonds. The third-order valence-corrected chi connectivity index (χ3v) is 5.20. The lowest BCUT2D eigenvalue weighted by molar-refractivity contribution is 0.116. The number of rotatable bonds is 4. The van der Waals surface area contributed by atoms with Crippen LogP contribution in [0.4, 0.5) is 8.78 Å². The second kappa shape index (κ2) is 8.67. The summed E-state index contributed by atoms with van der Waals surface area (Å²) >= 11 is 0. The van der Waals surface area contributed by atoms with Crippen LogP contribution in [0.25, 0.3) is 22.4 Å². The number of hydrogen-bond acceptors (Lipinski definition) is 4. The fourth-order valence-corrected chi connectivity index (χ4v) is 3.59. The Balaban J connectivity index is 1.38. The van der Waals surface area contributed by atoms with Gasteiger partial charge in [0, 0.05) is 34.4 Å². The van der Waals surface area contributed by atoms with Crippen molar-refractivity contribution in [3.63, 3.8) is 0 Å². The zero-order chi connectivity index (χ0) is 22.8. The highest BCUT2D eigenvalue weighted by molar-refractivity contribution is 5.86. The summed E-state index contributed by atoms with van der Waals surface area (Å²) in [7, 11) is 0. The van der Waals surface area contributed by atoms with E-state index in [2.05, 4.69) is 50.6 Å². The van der Waals surface area contributed by atoms with E-state index in [0.717, 1.165) is 27.7 Å². The van der Waals surface area contributed by atoms with Crippen LogP contribution in [0.1, 0.15) is 34.7 Å². The number of pyridine rings is 1. The van der Waals surface area contributed by atoms with Gasteiger partial charge < -0.3 is 8.98 Å². The Morgan fingerprint density at radius 1 is 1.00 bits per heavy atom. The van der Waals surface area contributed by atoms with Crippen molar-refractivity contribution in [1.29, 1.82) is 0 Å². The number of alkyl halides is 2. The van der Waals surface area contributed by atoms with Crippen molar-refractivity contribution in [3.8, 4) is 23.3 Å². The van der Waals surface area contributed by atoms with Crippen molar-refractivity contribution in [1.82, 2.24) is 19.7 Å². The maximum atomic E-state index is 12.7. The minimum absolute atomic E-state index is 0.0209. The van der Waals surface area contributed by atoms with Crippen molar-refractivity contribution in [2.45, 2.75) is 19.9 Å². The summed E-state index contributed by atoms with van der Waals surface area (Å²) in [6, 6.07) is 19.8. The van der Waals surface area contributed by atoms with Crippen molar-refractivity contribution < 1.29 is 13.2 Å². The van der Waals surface area contributed by atoms with Crippen molar-refractivity contribution in [3.05, 3.63) is 101 Å². The van der Waals surface area contributed by atoms with E-state index in [4.69, 9.17) is 4.42 Å². The average molecular weight is 440 g/mol. The number of hydrogen-bond donors (Lipinski definition) is 0. The SMILES string of the molecule is Cc1cccc(C#Cc2cccc3c2ccn3Cc2ccc(-c3nnc(C(F)F)o3)cn2)c1. The van der Waals surface area contributed by atoms with Crippen LogP contribution in [0.3, 0.4) is 0 Å². The van der Waals surface area contributed by atoms with Crippen LogP contribution in [0.5, 0.6) is 0 Å². The molecule has 0 aliphatic carbocycles. The highest BCUT2D eigenvalue weighted by atomic mass is 19.3. The lowest BCUT2D eigenvalue weighted by Gasteiger charge is -2.06. The zero-order valence-electron chi connectivity index (χ0n) is 17.7. The second-order valence-electron chi connectivity index (χ2n) is 7.59. The first-order valence-corrected chi connectivity index (χ1v) is 10.3. The van der Waals surface area contributed by atoms with E-state index in [0.29, 0.717) is 12.1 Å². The van der Waals surface area contributed by atoms with Gasteiger partial charge in [-0.3, -0.25) is 4.98 Å². The Bertz CT molecular complexity index is 1490. The molecule has 0 unspecified atom stereocenters. The molecule has 5 aromatic rings. The van der Waals surface area contributed by atoms with Gasteiger partial charge in [0.2, 0.25) is 5.89 Å². The molecule has 5 nitrogen and oxygen atoms in total. The zero-order valence-corrected chi connectivity index (χ0v) is 17.7. The predicted molar refractivity (Wildman–Crippen MR) is 121 cm³/mol. The molecule has 3 heterocycles. The lowest BCUT2D eigenvalue weighted by atomic mass is 10.1. The van der Waals surface area contributed by atoms with Gasteiger partial charge in [0.05, 0.1) is 17.8 Å². The number of aromatic nitrogens is 4. The molecule has 0 fully saturated rings. The Hall–Kier alpha value is -4.31. The topological polar surface area (TPSA) is 56.7 Å². The van der Waals surface area contributed by atoms with Gasteiger partial charge in [-0.25, -0.2) is 0 Å². The molecule has 0 N–H and O–H groups in total. The summed E-state index contributed by atoms with van der Waals surface area (Å²) < 4.78 is 32.4. The predicted octanol–water partition coefficient (Wildman–Crippen LogP) is 5.78. The normalized spacial score (nSPS) is 11.0. The van der Waals surface area contributed by atoms with E-state index in [1.165, 1.54) is 5.56 Å². The van der Waals surface area contributed by atoms with Gasteiger partial charge in [-0.1, -0.05) is 30.0 Å². The number of fused-ring (bicyclic) bond motifs is 1. The summed E-state index contributed by atoms with van der Waals surface area (Å²) in [5.74, 6) is 5.85. The molecular weight excluding hydrogens is 422 g/mol. The molecule has 0 saturated heterocycles. The van der Waals surface area contributed by atoms with E-state index >= 15 is 0 Å². The Kier molecular flexibility index (Phi) is 5.41. The molecule has 0 aliphatic rings. The average Bonchev–Trinajstić information content (AvgIpc) is 3.47. The van der Waals surface area contributed by atoms with Crippen LogP contribution in [0.15, 0.2) is 77.5 Å². The number of halogens is 2. The fraction of sp³-hybridized carbons (Fsp3) is 0.115. The minimum atomic E-state index is -2.80. The van der Waals surface area contributed by atoms with E-state index in [1.807, 2.05) is 48.7 Å². The molecule has 3 aromatic heterocycles. The van der Waals surface area contributed by atoms with Crippen LogP contribution in [-0.4, -0.2) is 19.7 Å². The van der Waals surface area contributed by atoms with Gasteiger partial charge in [0.1, 0.15) is 0 Å². The Labute approximate surface area is 188 Å². The van der Waals surface area contributed by atoms with E-state index in [1.54, 1.807) is 12.3 Å². The smallest absolute Gasteiger partial charge is 0.314 e. The van der Waals surface area contributed by atoms with Crippen molar-refractivity contribution in [2.24, 2.45) is 0 Å². The first-order valence-electron chi connectivity index (χ1n) is 10.3. The molecule has 0 atom stereocenters. The fourth-order valence-electron chi connectivity index (χ4n) is 3.59. The molecule has 7 heteroatoms. The van der Waals surface area contributed by atoms with E-state index in [9.17, 15) is 8.78 Å². The first-order chi connectivity index (χ1) is 16.1. The van der Waals surface area contributed by atoms with Gasteiger partial charge in [0.15, 0.2) is 0 Å². The third-order valence-electron chi connectivity index (χ3n) is 5.20. The third kappa shape index (κ3) is 4.37. The Morgan fingerprint density at radius 2 is 1.88 bits per heavy atom. The van der Waals surface area contributed by atoms with Gasteiger partial charge in [-0.05, 0) is 55.0 Å². The first kappa shape index (κ1) is 20.6. The van der Waals surface area contributed by atoms with Crippen LogP contribution in [-0.2, 0) is 6.54 Å². The summed E-state index contributed by atoms with van der Waals surface area (Å²) in [6.07, 6.45) is 0.750. The quantitative estimate of drug-likeness (QED) is 0.333. The summed E-state index contributed by atoms with van der Waals surface area (Å²) in [5, 5.41) is 8.07. The summed E-state index contributed by atoms with van der Waals surface area (Å²) in [4.78, 5) is 4.43. The van der Waals surface area contributed by atoms with Crippen molar-refractivity contribution in [2.75, 3.05) is 0 Å². The maximum absolute atomic E-state index is 12.7.